The van der Waals surface area contributed by atoms with Gasteiger partial charge in [0.1, 0.15) is 23.4 Å². The lowest BCUT2D eigenvalue weighted by Crippen LogP contribution is -2.46. The standard InChI is InChI=1S/C30H33FN4O4/c1-39-25-11-6-10-24(20-25)35(28(37)14-7-13-27(36)34-26-12-4-5-19-32-26)29(21-15-17-22(31)18-16-21)30(38)33-23-8-2-3-9-23/h4-6,10-12,15-20,23,29H,2-3,7-9,13-14H2,1H3,(H,33,38)(H,32,34,36). The van der Waals surface area contributed by atoms with Crippen LogP contribution in [0.2, 0.25) is 0 Å². The summed E-state index contributed by atoms with van der Waals surface area (Å²) in [6.45, 7) is 0. The highest BCUT2D eigenvalue weighted by molar-refractivity contribution is 6.01. The number of hydrogen-bond donors (Lipinski definition) is 2. The second kappa shape index (κ2) is 13.5. The van der Waals surface area contributed by atoms with Gasteiger partial charge < -0.3 is 15.4 Å². The van der Waals surface area contributed by atoms with E-state index in [1.165, 1.54) is 36.3 Å². The summed E-state index contributed by atoms with van der Waals surface area (Å²) in [5, 5.41) is 5.81. The van der Waals surface area contributed by atoms with Gasteiger partial charge in [0.25, 0.3) is 0 Å². The van der Waals surface area contributed by atoms with E-state index in [0.717, 1.165) is 25.7 Å². The minimum Gasteiger partial charge on any atom is -0.497 e. The fourth-order valence-electron chi connectivity index (χ4n) is 4.77. The first-order chi connectivity index (χ1) is 18.9. The van der Waals surface area contributed by atoms with Crippen molar-refractivity contribution in [2.24, 2.45) is 0 Å². The SMILES string of the molecule is COc1cccc(N(C(=O)CCCC(=O)Nc2ccccn2)C(C(=O)NC2CCCC2)c2ccc(F)cc2)c1. The molecule has 0 spiro atoms. The van der Waals surface area contributed by atoms with Crippen LogP contribution in [0.3, 0.4) is 0 Å². The summed E-state index contributed by atoms with van der Waals surface area (Å²) >= 11 is 0. The average Bonchev–Trinajstić information content (AvgIpc) is 3.45. The van der Waals surface area contributed by atoms with Gasteiger partial charge in [-0.15, -0.1) is 0 Å². The highest BCUT2D eigenvalue weighted by Crippen LogP contribution is 2.32. The second-order valence-corrected chi connectivity index (χ2v) is 9.53. The smallest absolute Gasteiger partial charge is 0.248 e. The number of benzene rings is 2. The lowest BCUT2D eigenvalue weighted by molar-refractivity contribution is -0.127. The third kappa shape index (κ3) is 7.63. The zero-order chi connectivity index (χ0) is 27.6. The van der Waals surface area contributed by atoms with Crippen LogP contribution in [0, 0.1) is 5.82 Å². The molecule has 0 radical (unpaired) electrons. The van der Waals surface area contributed by atoms with Crippen LogP contribution in [0.5, 0.6) is 5.75 Å². The second-order valence-electron chi connectivity index (χ2n) is 9.53. The van der Waals surface area contributed by atoms with Gasteiger partial charge in [-0.2, -0.15) is 0 Å². The monoisotopic (exact) mass is 532 g/mol. The molecule has 2 N–H and O–H groups in total. The van der Waals surface area contributed by atoms with Crippen LogP contribution in [0.15, 0.2) is 72.9 Å². The molecule has 0 saturated heterocycles. The molecule has 8 nitrogen and oxygen atoms in total. The molecule has 1 aliphatic rings. The number of methoxy groups -OCH3 is 1. The highest BCUT2D eigenvalue weighted by atomic mass is 19.1. The van der Waals surface area contributed by atoms with E-state index in [1.54, 1.807) is 48.7 Å². The summed E-state index contributed by atoms with van der Waals surface area (Å²) in [5.41, 5.74) is 0.948. The highest BCUT2D eigenvalue weighted by Gasteiger charge is 2.34. The molecular formula is C30H33FN4O4. The van der Waals surface area contributed by atoms with Crippen molar-refractivity contribution < 1.29 is 23.5 Å². The molecule has 0 aliphatic heterocycles. The van der Waals surface area contributed by atoms with Gasteiger partial charge in [-0.3, -0.25) is 19.3 Å². The normalized spacial score (nSPS) is 13.9. The molecule has 1 fully saturated rings. The van der Waals surface area contributed by atoms with Crippen LogP contribution in [0.25, 0.3) is 0 Å². The van der Waals surface area contributed by atoms with Crippen molar-refractivity contribution in [2.45, 2.75) is 57.0 Å². The van der Waals surface area contributed by atoms with E-state index in [0.29, 0.717) is 22.8 Å². The van der Waals surface area contributed by atoms with Gasteiger partial charge in [-0.25, -0.2) is 9.37 Å². The summed E-state index contributed by atoms with van der Waals surface area (Å²) in [6, 6.07) is 16.7. The number of nitrogens with one attached hydrogen (secondary N) is 2. The number of carbonyl (C=O) groups excluding carboxylic acids is 3. The number of hydrogen-bond acceptors (Lipinski definition) is 5. The first-order valence-electron chi connectivity index (χ1n) is 13.2. The Bertz CT molecular complexity index is 1260. The van der Waals surface area contributed by atoms with Gasteiger partial charge >= 0.3 is 0 Å². The lowest BCUT2D eigenvalue weighted by atomic mass is 10.0. The number of carbonyl (C=O) groups is 3. The average molecular weight is 533 g/mol. The van der Waals surface area contributed by atoms with Gasteiger partial charge in [0, 0.05) is 36.8 Å². The summed E-state index contributed by atoms with van der Waals surface area (Å²) in [4.78, 5) is 45.5. The number of anilines is 2. The molecule has 1 saturated carbocycles. The van der Waals surface area contributed by atoms with E-state index in [4.69, 9.17) is 4.74 Å². The maximum absolute atomic E-state index is 13.8. The van der Waals surface area contributed by atoms with Crippen molar-refractivity contribution in [1.29, 1.82) is 0 Å². The van der Waals surface area contributed by atoms with Crippen molar-refractivity contribution in [3.8, 4) is 5.75 Å². The van der Waals surface area contributed by atoms with Gasteiger partial charge in [0.2, 0.25) is 17.7 Å². The van der Waals surface area contributed by atoms with E-state index >= 15 is 0 Å². The molecule has 9 heteroatoms. The molecule has 1 aromatic heterocycles. The Hall–Kier alpha value is -4.27. The summed E-state index contributed by atoms with van der Waals surface area (Å²) < 4.78 is 19.2. The summed E-state index contributed by atoms with van der Waals surface area (Å²) in [7, 11) is 1.52. The lowest BCUT2D eigenvalue weighted by Gasteiger charge is -2.32. The molecule has 1 atom stereocenters. The third-order valence-corrected chi connectivity index (χ3v) is 6.72. The van der Waals surface area contributed by atoms with Crippen molar-refractivity contribution in [3.05, 3.63) is 84.3 Å². The van der Waals surface area contributed by atoms with Gasteiger partial charge in [-0.05, 0) is 61.2 Å². The molecule has 4 rings (SSSR count). The Labute approximate surface area is 227 Å². The minimum absolute atomic E-state index is 0.0151. The first kappa shape index (κ1) is 27.8. The van der Waals surface area contributed by atoms with Crippen molar-refractivity contribution in [1.82, 2.24) is 10.3 Å². The maximum atomic E-state index is 13.8. The number of nitrogens with zero attached hydrogens (tertiary/aromatic N) is 2. The molecule has 1 aliphatic carbocycles. The van der Waals surface area contributed by atoms with E-state index in [9.17, 15) is 18.8 Å². The molecule has 39 heavy (non-hydrogen) atoms. The predicted molar refractivity (Wildman–Crippen MR) is 147 cm³/mol. The number of halogens is 1. The largest absolute Gasteiger partial charge is 0.497 e. The maximum Gasteiger partial charge on any atom is 0.248 e. The van der Waals surface area contributed by atoms with Crippen LogP contribution in [0.1, 0.15) is 56.6 Å². The Morgan fingerprint density at radius 1 is 1.03 bits per heavy atom. The van der Waals surface area contributed by atoms with Gasteiger partial charge in [0.15, 0.2) is 0 Å². The van der Waals surface area contributed by atoms with Crippen LogP contribution < -0.4 is 20.3 Å². The van der Waals surface area contributed by atoms with E-state index in [-0.39, 0.29) is 43.0 Å². The number of rotatable bonds is 11. The topological polar surface area (TPSA) is 101 Å². The van der Waals surface area contributed by atoms with E-state index < -0.39 is 11.9 Å². The van der Waals surface area contributed by atoms with Crippen molar-refractivity contribution in [3.63, 3.8) is 0 Å². The van der Waals surface area contributed by atoms with Crippen molar-refractivity contribution in [2.75, 3.05) is 17.3 Å². The molecular weight excluding hydrogens is 499 g/mol. The van der Waals surface area contributed by atoms with Gasteiger partial charge in [-0.1, -0.05) is 37.1 Å². The van der Waals surface area contributed by atoms with Crippen LogP contribution in [0.4, 0.5) is 15.9 Å². The van der Waals surface area contributed by atoms with E-state index in [2.05, 4.69) is 15.6 Å². The molecule has 1 heterocycles. The number of aromatic nitrogens is 1. The van der Waals surface area contributed by atoms with Crippen LogP contribution in [-0.4, -0.2) is 35.9 Å². The Morgan fingerprint density at radius 3 is 2.49 bits per heavy atom. The van der Waals surface area contributed by atoms with E-state index in [1.807, 2.05) is 0 Å². The summed E-state index contributed by atoms with van der Waals surface area (Å²) in [6.07, 6.45) is 5.78. The quantitative estimate of drug-likeness (QED) is 0.355. The zero-order valence-corrected chi connectivity index (χ0v) is 21.9. The van der Waals surface area contributed by atoms with Crippen molar-refractivity contribution >= 4 is 29.2 Å². The molecule has 0 bridgehead atoms. The van der Waals surface area contributed by atoms with Crippen LogP contribution >= 0.6 is 0 Å². The predicted octanol–water partition coefficient (Wildman–Crippen LogP) is 5.17. The number of amides is 3. The molecule has 3 aromatic rings. The zero-order valence-electron chi connectivity index (χ0n) is 21.9. The number of ether oxygens (including phenoxy) is 1. The molecule has 1 unspecified atom stereocenters. The molecule has 3 amide bonds. The summed E-state index contributed by atoms with van der Waals surface area (Å²) in [5.74, 6) is -0.418. The van der Waals surface area contributed by atoms with Crippen LogP contribution in [-0.2, 0) is 14.4 Å². The third-order valence-electron chi connectivity index (χ3n) is 6.72. The minimum atomic E-state index is -1.03. The van der Waals surface area contributed by atoms with Gasteiger partial charge in [0.05, 0.1) is 7.11 Å². The fraction of sp³-hybridized carbons (Fsp3) is 0.333. The fourth-order valence-corrected chi connectivity index (χ4v) is 4.77. The number of pyridine rings is 1. The Balaban J connectivity index is 1.59. The Morgan fingerprint density at radius 2 is 1.79 bits per heavy atom. The molecule has 204 valence electrons. The molecule has 2 aromatic carbocycles. The first-order valence-corrected chi connectivity index (χ1v) is 13.2. The Kier molecular flexibility index (Phi) is 9.61.